The van der Waals surface area contributed by atoms with Gasteiger partial charge in [0.25, 0.3) is 0 Å². The van der Waals surface area contributed by atoms with E-state index in [0.29, 0.717) is 5.56 Å². The van der Waals surface area contributed by atoms with Crippen molar-refractivity contribution >= 4 is 11.0 Å². The smallest absolute Gasteiger partial charge is 0.114 e. The predicted molar refractivity (Wildman–Crippen MR) is 74.8 cm³/mol. The number of rotatable bonds is 2. The molecule has 0 spiro atoms. The number of imidazole rings is 1. The van der Waals surface area contributed by atoms with Gasteiger partial charge in [0.15, 0.2) is 0 Å². The quantitative estimate of drug-likeness (QED) is 0.752. The first-order valence-electron chi connectivity index (χ1n) is 6.23. The normalized spacial score (nSPS) is 12.2. The highest BCUT2D eigenvalue weighted by Gasteiger charge is 2.14. The third kappa shape index (κ3) is 1.98. The molecule has 0 amide bonds. The zero-order valence-corrected chi connectivity index (χ0v) is 10.6. The van der Waals surface area contributed by atoms with E-state index in [1.807, 2.05) is 30.3 Å². The zero-order valence-electron chi connectivity index (χ0n) is 10.6. The number of nitriles is 1. The molecule has 0 aliphatic heterocycles. The Kier molecular flexibility index (Phi) is 2.77. The molecule has 3 nitrogen and oxygen atoms in total. The van der Waals surface area contributed by atoms with E-state index in [2.05, 4.69) is 35.1 Å². The van der Waals surface area contributed by atoms with Crippen LogP contribution in [0.5, 0.6) is 0 Å². The van der Waals surface area contributed by atoms with Crippen molar-refractivity contribution in [3.63, 3.8) is 0 Å². The Morgan fingerprint density at radius 2 is 1.89 bits per heavy atom. The Balaban J connectivity index is 2.10. The van der Waals surface area contributed by atoms with Crippen LogP contribution in [-0.2, 0) is 0 Å². The summed E-state index contributed by atoms with van der Waals surface area (Å²) in [6, 6.07) is 18.0. The van der Waals surface area contributed by atoms with E-state index in [4.69, 9.17) is 5.26 Å². The number of aromatic nitrogens is 2. The average molecular weight is 247 g/mol. The predicted octanol–water partition coefficient (Wildman–Crippen LogP) is 3.59. The number of nitrogens with one attached hydrogen (secondary N) is 1. The van der Waals surface area contributed by atoms with Crippen LogP contribution in [0.25, 0.3) is 11.0 Å². The lowest BCUT2D eigenvalue weighted by Crippen LogP contribution is -1.97. The summed E-state index contributed by atoms with van der Waals surface area (Å²) in [6.07, 6.45) is 0. The van der Waals surface area contributed by atoms with Gasteiger partial charge in [-0.3, -0.25) is 0 Å². The molecule has 1 atom stereocenters. The van der Waals surface area contributed by atoms with Crippen LogP contribution in [0.1, 0.15) is 29.8 Å². The molecule has 0 aliphatic carbocycles. The Labute approximate surface area is 111 Å². The highest BCUT2D eigenvalue weighted by molar-refractivity contribution is 5.81. The summed E-state index contributed by atoms with van der Waals surface area (Å²) in [5.41, 5.74) is 3.49. The van der Waals surface area contributed by atoms with Crippen LogP contribution in [0.4, 0.5) is 0 Å². The van der Waals surface area contributed by atoms with Gasteiger partial charge in [0.05, 0.1) is 11.1 Å². The number of H-pyrrole nitrogens is 1. The molecule has 3 aromatic rings. The SMILES string of the molecule is CC(c1ccccc1)c1nc2c(C#N)cccc2[nH]1. The molecule has 2 aromatic carbocycles. The van der Waals surface area contributed by atoms with Crippen LogP contribution >= 0.6 is 0 Å². The minimum atomic E-state index is 0.181. The minimum absolute atomic E-state index is 0.181. The number of para-hydroxylation sites is 1. The second kappa shape index (κ2) is 4.58. The summed E-state index contributed by atoms with van der Waals surface area (Å²) in [6.45, 7) is 2.11. The van der Waals surface area contributed by atoms with Gasteiger partial charge in [0.1, 0.15) is 17.4 Å². The van der Waals surface area contributed by atoms with E-state index in [1.165, 1.54) is 5.56 Å². The van der Waals surface area contributed by atoms with Gasteiger partial charge in [-0.25, -0.2) is 4.98 Å². The van der Waals surface area contributed by atoms with Crippen molar-refractivity contribution in [2.24, 2.45) is 0 Å². The van der Waals surface area contributed by atoms with Gasteiger partial charge in [0.2, 0.25) is 0 Å². The molecule has 0 saturated carbocycles. The van der Waals surface area contributed by atoms with Crippen molar-refractivity contribution in [1.82, 2.24) is 9.97 Å². The minimum Gasteiger partial charge on any atom is -0.341 e. The Morgan fingerprint density at radius 3 is 2.63 bits per heavy atom. The molecule has 3 heteroatoms. The number of aromatic amines is 1. The van der Waals surface area contributed by atoms with Gasteiger partial charge in [-0.2, -0.15) is 5.26 Å². The molecule has 1 N–H and O–H groups in total. The van der Waals surface area contributed by atoms with Crippen LogP contribution in [0.15, 0.2) is 48.5 Å². The molecule has 92 valence electrons. The van der Waals surface area contributed by atoms with Crippen LogP contribution in [0.3, 0.4) is 0 Å². The highest BCUT2D eigenvalue weighted by Crippen LogP contribution is 2.25. The molecule has 1 aromatic heterocycles. The number of hydrogen-bond acceptors (Lipinski definition) is 2. The molecule has 19 heavy (non-hydrogen) atoms. The van der Waals surface area contributed by atoms with E-state index < -0.39 is 0 Å². The standard InChI is InChI=1S/C16H13N3/c1-11(12-6-3-2-4-7-12)16-18-14-9-5-8-13(10-17)15(14)19-16/h2-9,11H,1H3,(H,18,19). The fourth-order valence-corrected chi connectivity index (χ4v) is 2.25. The van der Waals surface area contributed by atoms with Gasteiger partial charge in [0, 0.05) is 5.92 Å². The van der Waals surface area contributed by atoms with Crippen molar-refractivity contribution in [3.05, 3.63) is 65.5 Å². The fraction of sp³-hybridized carbons (Fsp3) is 0.125. The molecule has 0 saturated heterocycles. The maximum absolute atomic E-state index is 9.10. The summed E-state index contributed by atoms with van der Waals surface area (Å²) in [5.74, 6) is 1.07. The van der Waals surface area contributed by atoms with Crippen molar-refractivity contribution in [3.8, 4) is 6.07 Å². The third-order valence-electron chi connectivity index (χ3n) is 3.36. The lowest BCUT2D eigenvalue weighted by molar-refractivity contribution is 0.845. The lowest BCUT2D eigenvalue weighted by Gasteiger charge is -2.07. The van der Waals surface area contributed by atoms with Crippen LogP contribution in [-0.4, -0.2) is 9.97 Å². The van der Waals surface area contributed by atoms with Crippen molar-refractivity contribution in [2.75, 3.05) is 0 Å². The van der Waals surface area contributed by atoms with E-state index >= 15 is 0 Å². The topological polar surface area (TPSA) is 52.5 Å². The summed E-state index contributed by atoms with van der Waals surface area (Å²) in [4.78, 5) is 7.89. The highest BCUT2D eigenvalue weighted by atomic mass is 14.9. The number of nitrogens with zero attached hydrogens (tertiary/aromatic N) is 2. The molecule has 3 rings (SSSR count). The molecular weight excluding hydrogens is 234 g/mol. The van der Waals surface area contributed by atoms with Crippen LogP contribution < -0.4 is 0 Å². The van der Waals surface area contributed by atoms with E-state index in [0.717, 1.165) is 16.9 Å². The van der Waals surface area contributed by atoms with E-state index in [-0.39, 0.29) is 5.92 Å². The molecule has 1 heterocycles. The first-order chi connectivity index (χ1) is 9.29. The van der Waals surface area contributed by atoms with Crippen molar-refractivity contribution in [1.29, 1.82) is 5.26 Å². The van der Waals surface area contributed by atoms with E-state index in [9.17, 15) is 0 Å². The summed E-state index contributed by atoms with van der Waals surface area (Å²) < 4.78 is 0. The molecule has 0 fully saturated rings. The molecule has 0 radical (unpaired) electrons. The van der Waals surface area contributed by atoms with Gasteiger partial charge in [-0.05, 0) is 17.7 Å². The molecular formula is C16H13N3. The summed E-state index contributed by atoms with van der Waals surface area (Å²) in [5, 5.41) is 9.10. The number of hydrogen-bond donors (Lipinski definition) is 1. The molecule has 0 aliphatic rings. The Hall–Kier alpha value is -2.60. The fourth-order valence-electron chi connectivity index (χ4n) is 2.25. The molecule has 1 unspecified atom stereocenters. The van der Waals surface area contributed by atoms with Crippen LogP contribution in [0, 0.1) is 11.3 Å². The maximum atomic E-state index is 9.10. The number of fused-ring (bicyclic) bond motifs is 1. The first-order valence-corrected chi connectivity index (χ1v) is 6.23. The second-order valence-electron chi connectivity index (χ2n) is 4.57. The zero-order chi connectivity index (χ0) is 13.2. The maximum Gasteiger partial charge on any atom is 0.114 e. The largest absolute Gasteiger partial charge is 0.341 e. The van der Waals surface area contributed by atoms with E-state index in [1.54, 1.807) is 6.07 Å². The monoisotopic (exact) mass is 247 g/mol. The van der Waals surface area contributed by atoms with Crippen LogP contribution in [0.2, 0.25) is 0 Å². The Morgan fingerprint density at radius 1 is 1.11 bits per heavy atom. The van der Waals surface area contributed by atoms with Gasteiger partial charge in [-0.1, -0.05) is 43.3 Å². The Bertz CT molecular complexity index is 751. The third-order valence-corrected chi connectivity index (χ3v) is 3.36. The van der Waals surface area contributed by atoms with Gasteiger partial charge in [-0.15, -0.1) is 0 Å². The summed E-state index contributed by atoms with van der Waals surface area (Å²) in [7, 11) is 0. The average Bonchev–Trinajstić information content (AvgIpc) is 2.91. The first kappa shape index (κ1) is 11.5. The van der Waals surface area contributed by atoms with Crippen molar-refractivity contribution in [2.45, 2.75) is 12.8 Å². The number of benzene rings is 2. The lowest BCUT2D eigenvalue weighted by atomic mass is 10.0. The van der Waals surface area contributed by atoms with Gasteiger partial charge < -0.3 is 4.98 Å². The molecule has 0 bridgehead atoms. The second-order valence-corrected chi connectivity index (χ2v) is 4.57. The summed E-state index contributed by atoms with van der Waals surface area (Å²) >= 11 is 0. The van der Waals surface area contributed by atoms with Crippen molar-refractivity contribution < 1.29 is 0 Å². The van der Waals surface area contributed by atoms with Gasteiger partial charge >= 0.3 is 0 Å².